The zero-order chi connectivity index (χ0) is 12.0. The van der Waals surface area contributed by atoms with Crippen LogP contribution in [0.25, 0.3) is 11.3 Å². The van der Waals surface area contributed by atoms with E-state index in [1.807, 2.05) is 0 Å². The summed E-state index contributed by atoms with van der Waals surface area (Å²) in [5.41, 5.74) is 7.05. The molecule has 0 amide bonds. The predicted molar refractivity (Wildman–Crippen MR) is 64.8 cm³/mol. The molecular formula is C12H13N3O. The van der Waals surface area contributed by atoms with Crippen LogP contribution in [0, 0.1) is 0 Å². The van der Waals surface area contributed by atoms with Crippen molar-refractivity contribution in [1.82, 2.24) is 10.2 Å². The van der Waals surface area contributed by atoms with E-state index < -0.39 is 0 Å². The molecule has 0 fully saturated rings. The van der Waals surface area contributed by atoms with E-state index in [4.69, 9.17) is 10.8 Å². The van der Waals surface area contributed by atoms with Crippen LogP contribution >= 0.6 is 0 Å². The van der Waals surface area contributed by atoms with Crippen molar-refractivity contribution in [2.24, 2.45) is 0 Å². The highest BCUT2D eigenvalue weighted by Gasteiger charge is 1.99. The fourth-order valence-corrected chi connectivity index (χ4v) is 1.13. The summed E-state index contributed by atoms with van der Waals surface area (Å²) in [5, 5.41) is 16.8. The Kier molecular flexibility index (Phi) is 4.03. The first kappa shape index (κ1) is 11.7. The molecule has 0 bridgehead atoms. The smallest absolute Gasteiger partial charge is 0.146 e. The average molecular weight is 215 g/mol. The van der Waals surface area contributed by atoms with Crippen LogP contribution < -0.4 is 5.73 Å². The highest BCUT2D eigenvalue weighted by atomic mass is 16.3. The number of aromatic nitrogens is 2. The molecule has 3 N–H and O–H groups in total. The average Bonchev–Trinajstić information content (AvgIpc) is 2.34. The molecule has 4 nitrogen and oxygen atoms in total. The van der Waals surface area contributed by atoms with Crippen molar-refractivity contribution < 1.29 is 5.11 Å². The number of nitrogens with two attached hydrogens (primary N) is 1. The van der Waals surface area contributed by atoms with Crippen LogP contribution in [0.5, 0.6) is 5.75 Å². The topological polar surface area (TPSA) is 72.0 Å². The van der Waals surface area contributed by atoms with Gasteiger partial charge < -0.3 is 10.8 Å². The van der Waals surface area contributed by atoms with E-state index in [0.29, 0.717) is 5.82 Å². The first-order chi connectivity index (χ1) is 7.75. The number of hydrogen-bond donors (Lipinski definition) is 2. The molecule has 0 aliphatic carbocycles. The van der Waals surface area contributed by atoms with Crippen molar-refractivity contribution in [2.45, 2.75) is 0 Å². The highest BCUT2D eigenvalue weighted by molar-refractivity contribution is 5.60. The minimum absolute atomic E-state index is 0.233. The summed E-state index contributed by atoms with van der Waals surface area (Å²) in [4.78, 5) is 0. The summed E-state index contributed by atoms with van der Waals surface area (Å²) in [6.07, 6.45) is 0. The van der Waals surface area contributed by atoms with E-state index in [2.05, 4.69) is 23.4 Å². The van der Waals surface area contributed by atoms with Crippen LogP contribution in [-0.4, -0.2) is 15.3 Å². The second kappa shape index (κ2) is 5.50. The van der Waals surface area contributed by atoms with Gasteiger partial charge in [0.2, 0.25) is 0 Å². The van der Waals surface area contributed by atoms with Gasteiger partial charge in [-0.05, 0) is 36.4 Å². The van der Waals surface area contributed by atoms with Crippen molar-refractivity contribution >= 4 is 5.82 Å². The summed E-state index contributed by atoms with van der Waals surface area (Å²) in [7, 11) is 0. The van der Waals surface area contributed by atoms with Crippen LogP contribution in [0.15, 0.2) is 49.6 Å². The lowest BCUT2D eigenvalue weighted by molar-refractivity contribution is 0.475. The Morgan fingerprint density at radius 2 is 1.56 bits per heavy atom. The highest BCUT2D eigenvalue weighted by Crippen LogP contribution is 2.19. The Bertz CT molecular complexity index is 393. The number of phenolic OH excluding ortho intramolecular Hbond substituents is 1. The Morgan fingerprint density at radius 3 is 2.06 bits per heavy atom. The van der Waals surface area contributed by atoms with Crippen LogP contribution in [0.3, 0.4) is 0 Å². The van der Waals surface area contributed by atoms with Gasteiger partial charge in [-0.2, -0.15) is 0 Å². The van der Waals surface area contributed by atoms with Gasteiger partial charge in [-0.1, -0.05) is 0 Å². The first-order valence-corrected chi connectivity index (χ1v) is 4.64. The van der Waals surface area contributed by atoms with Gasteiger partial charge in [0.05, 0.1) is 5.69 Å². The number of nitrogens with zero attached hydrogens (tertiary/aromatic N) is 2. The number of aromatic hydroxyl groups is 1. The molecule has 2 rings (SSSR count). The maximum Gasteiger partial charge on any atom is 0.146 e. The molecule has 82 valence electrons. The van der Waals surface area contributed by atoms with E-state index in [1.54, 1.807) is 36.4 Å². The van der Waals surface area contributed by atoms with E-state index in [-0.39, 0.29) is 5.75 Å². The molecule has 1 heterocycles. The van der Waals surface area contributed by atoms with Gasteiger partial charge in [-0.15, -0.1) is 23.4 Å². The minimum atomic E-state index is 0.233. The Balaban J connectivity index is 0.000000606. The van der Waals surface area contributed by atoms with Crippen LogP contribution in [0.4, 0.5) is 5.82 Å². The van der Waals surface area contributed by atoms with Gasteiger partial charge in [0.25, 0.3) is 0 Å². The maximum absolute atomic E-state index is 9.09. The van der Waals surface area contributed by atoms with Crippen molar-refractivity contribution in [2.75, 3.05) is 5.73 Å². The van der Waals surface area contributed by atoms with Crippen molar-refractivity contribution in [3.8, 4) is 17.0 Å². The number of nitrogen functional groups attached to an aromatic ring is 1. The fraction of sp³-hybridized carbons (Fsp3) is 0. The van der Waals surface area contributed by atoms with Gasteiger partial charge in [-0.3, -0.25) is 0 Å². The van der Waals surface area contributed by atoms with Crippen molar-refractivity contribution in [1.29, 1.82) is 0 Å². The Hall–Kier alpha value is -2.36. The fourth-order valence-electron chi connectivity index (χ4n) is 1.13. The molecule has 0 saturated carbocycles. The van der Waals surface area contributed by atoms with Crippen LogP contribution in [0.1, 0.15) is 0 Å². The molecular weight excluding hydrogens is 202 g/mol. The lowest BCUT2D eigenvalue weighted by Crippen LogP contribution is -1.93. The number of phenols is 1. The molecule has 0 unspecified atom stereocenters. The zero-order valence-electron chi connectivity index (χ0n) is 8.80. The minimum Gasteiger partial charge on any atom is -0.508 e. The van der Waals surface area contributed by atoms with Crippen molar-refractivity contribution in [3.63, 3.8) is 0 Å². The summed E-state index contributed by atoms with van der Waals surface area (Å²) in [6.45, 7) is 6.00. The maximum atomic E-state index is 9.09. The molecule has 0 atom stereocenters. The summed E-state index contributed by atoms with van der Waals surface area (Å²) in [6, 6.07) is 10.2. The quantitative estimate of drug-likeness (QED) is 0.715. The van der Waals surface area contributed by atoms with E-state index in [0.717, 1.165) is 11.3 Å². The largest absolute Gasteiger partial charge is 0.508 e. The third-order valence-corrected chi connectivity index (χ3v) is 1.85. The standard InChI is InChI=1S/C10H9N3O.C2H4/c11-10-6-5-9(12-13-10)7-1-3-8(14)4-2-7;1-2/h1-6,14H,(H2,11,13);1-2H2. The lowest BCUT2D eigenvalue weighted by atomic mass is 10.1. The van der Waals surface area contributed by atoms with Gasteiger partial charge in [0.15, 0.2) is 0 Å². The third-order valence-electron chi connectivity index (χ3n) is 1.85. The number of anilines is 1. The molecule has 0 aliphatic heterocycles. The van der Waals surface area contributed by atoms with Crippen LogP contribution in [0.2, 0.25) is 0 Å². The number of rotatable bonds is 1. The first-order valence-electron chi connectivity index (χ1n) is 4.64. The molecule has 16 heavy (non-hydrogen) atoms. The lowest BCUT2D eigenvalue weighted by Gasteiger charge is -1.99. The molecule has 0 spiro atoms. The molecule has 0 radical (unpaired) electrons. The SMILES string of the molecule is C=C.Nc1ccc(-c2ccc(O)cc2)nn1. The van der Waals surface area contributed by atoms with Crippen LogP contribution in [-0.2, 0) is 0 Å². The molecule has 1 aromatic heterocycles. The van der Waals surface area contributed by atoms with E-state index in [1.165, 1.54) is 0 Å². The predicted octanol–water partition coefficient (Wildman–Crippen LogP) is 2.23. The molecule has 4 heteroatoms. The zero-order valence-corrected chi connectivity index (χ0v) is 8.80. The van der Waals surface area contributed by atoms with E-state index >= 15 is 0 Å². The number of hydrogen-bond acceptors (Lipinski definition) is 4. The monoisotopic (exact) mass is 215 g/mol. The van der Waals surface area contributed by atoms with Gasteiger partial charge >= 0.3 is 0 Å². The second-order valence-corrected chi connectivity index (χ2v) is 2.89. The normalized spacial score (nSPS) is 9.00. The molecule has 1 aromatic carbocycles. The summed E-state index contributed by atoms with van der Waals surface area (Å²) in [5.74, 6) is 0.629. The third kappa shape index (κ3) is 2.81. The van der Waals surface area contributed by atoms with Crippen molar-refractivity contribution in [3.05, 3.63) is 49.6 Å². The molecule has 0 aliphatic rings. The van der Waals surface area contributed by atoms with Gasteiger partial charge in [0.1, 0.15) is 11.6 Å². The number of benzene rings is 1. The Morgan fingerprint density at radius 1 is 0.938 bits per heavy atom. The summed E-state index contributed by atoms with van der Waals surface area (Å²) >= 11 is 0. The van der Waals surface area contributed by atoms with Gasteiger partial charge in [-0.25, -0.2) is 0 Å². The van der Waals surface area contributed by atoms with Gasteiger partial charge in [0, 0.05) is 5.56 Å². The Labute approximate surface area is 94.1 Å². The second-order valence-electron chi connectivity index (χ2n) is 2.89. The molecule has 0 saturated heterocycles. The van der Waals surface area contributed by atoms with E-state index in [9.17, 15) is 0 Å². The molecule has 2 aromatic rings. The summed E-state index contributed by atoms with van der Waals surface area (Å²) < 4.78 is 0.